The maximum atomic E-state index is 12.6. The number of esters is 1. The number of ether oxygens (including phenoxy) is 1. The summed E-state index contributed by atoms with van der Waals surface area (Å²) in [6.45, 7) is 2.40. The first-order valence-corrected chi connectivity index (χ1v) is 9.55. The number of fused-ring (bicyclic) bond motifs is 1. The molecule has 26 heavy (non-hydrogen) atoms. The van der Waals surface area contributed by atoms with Crippen molar-refractivity contribution in [1.82, 2.24) is 0 Å². The van der Waals surface area contributed by atoms with E-state index in [1.54, 1.807) is 24.3 Å². The predicted molar refractivity (Wildman–Crippen MR) is 106 cm³/mol. The molecule has 0 atom stereocenters. The quantitative estimate of drug-likeness (QED) is 0.432. The van der Waals surface area contributed by atoms with Crippen LogP contribution in [0.3, 0.4) is 0 Å². The summed E-state index contributed by atoms with van der Waals surface area (Å²) in [4.78, 5) is 25.1. The highest BCUT2D eigenvalue weighted by Crippen LogP contribution is 2.36. The minimum absolute atomic E-state index is 0.296. The Bertz CT molecular complexity index is 934. The normalized spacial score (nSPS) is 10.7. The molecule has 3 aromatic rings. The molecule has 1 heterocycles. The van der Waals surface area contributed by atoms with Crippen LogP contribution in [0, 0.1) is 0 Å². The van der Waals surface area contributed by atoms with Crippen molar-refractivity contribution >= 4 is 49.9 Å². The van der Waals surface area contributed by atoms with E-state index in [9.17, 15) is 9.59 Å². The molecule has 0 unspecified atom stereocenters. The van der Waals surface area contributed by atoms with Gasteiger partial charge in [-0.3, -0.25) is 4.79 Å². The second-order valence-corrected chi connectivity index (χ2v) is 7.24. The molecule has 2 aromatic carbocycles. The first-order valence-electron chi connectivity index (χ1n) is 8.35. The zero-order chi connectivity index (χ0) is 18.5. The Hall–Kier alpha value is -2.37. The van der Waals surface area contributed by atoms with E-state index in [0.29, 0.717) is 27.8 Å². The molecule has 0 saturated heterocycles. The van der Waals surface area contributed by atoms with Crippen LogP contribution in [0.4, 0.5) is 5.00 Å². The number of rotatable bonds is 6. The van der Waals surface area contributed by atoms with E-state index < -0.39 is 5.97 Å². The van der Waals surface area contributed by atoms with Crippen LogP contribution in [0.15, 0.2) is 48.5 Å². The molecular weight excluding hydrogens is 370 g/mol. The summed E-state index contributed by atoms with van der Waals surface area (Å²) in [5.74, 6) is -0.710. The molecule has 0 fully saturated rings. The number of amides is 1. The van der Waals surface area contributed by atoms with Gasteiger partial charge in [-0.2, -0.15) is 0 Å². The fourth-order valence-electron chi connectivity index (χ4n) is 2.49. The summed E-state index contributed by atoms with van der Waals surface area (Å²) in [5, 5.41) is 4.68. The fourth-order valence-corrected chi connectivity index (χ4v) is 3.71. The molecule has 0 radical (unpaired) electrons. The van der Waals surface area contributed by atoms with Crippen molar-refractivity contribution < 1.29 is 14.3 Å². The van der Waals surface area contributed by atoms with Crippen LogP contribution in [0.1, 0.15) is 40.5 Å². The number of anilines is 1. The Labute approximate surface area is 160 Å². The van der Waals surface area contributed by atoms with Crippen LogP contribution in [-0.2, 0) is 4.74 Å². The van der Waals surface area contributed by atoms with E-state index >= 15 is 0 Å². The molecule has 6 heteroatoms. The number of hydrogen-bond acceptors (Lipinski definition) is 4. The van der Waals surface area contributed by atoms with Gasteiger partial charge in [0.15, 0.2) is 0 Å². The first-order chi connectivity index (χ1) is 12.6. The van der Waals surface area contributed by atoms with Gasteiger partial charge < -0.3 is 10.1 Å². The van der Waals surface area contributed by atoms with Crippen molar-refractivity contribution in [2.45, 2.75) is 19.8 Å². The number of benzene rings is 2. The molecule has 134 valence electrons. The third-order valence-corrected chi connectivity index (χ3v) is 5.20. The van der Waals surface area contributed by atoms with Crippen LogP contribution in [0.5, 0.6) is 0 Å². The molecule has 1 N–H and O–H groups in total. The molecule has 0 aliphatic heterocycles. The molecular formula is C20H18ClNO3S. The van der Waals surface area contributed by atoms with Gasteiger partial charge in [0.2, 0.25) is 0 Å². The summed E-state index contributed by atoms with van der Waals surface area (Å²) in [7, 11) is 0. The lowest BCUT2D eigenvalue weighted by atomic mass is 10.1. The van der Waals surface area contributed by atoms with Gasteiger partial charge in [0.05, 0.1) is 6.61 Å². The van der Waals surface area contributed by atoms with E-state index in [1.807, 2.05) is 31.2 Å². The summed E-state index contributed by atoms with van der Waals surface area (Å²) < 4.78 is 6.30. The predicted octanol–water partition coefficient (Wildman–Crippen LogP) is 5.76. The van der Waals surface area contributed by atoms with Gasteiger partial charge in [0, 0.05) is 20.7 Å². The molecule has 0 aliphatic carbocycles. The maximum Gasteiger partial charge on any atom is 0.341 e. The lowest BCUT2D eigenvalue weighted by Crippen LogP contribution is -2.14. The van der Waals surface area contributed by atoms with Crippen LogP contribution in [0.2, 0.25) is 5.02 Å². The minimum atomic E-state index is -0.415. The summed E-state index contributed by atoms with van der Waals surface area (Å²) in [6, 6.07) is 14.1. The van der Waals surface area contributed by atoms with Gasteiger partial charge in [-0.1, -0.05) is 43.1 Å². The van der Waals surface area contributed by atoms with Crippen LogP contribution in [-0.4, -0.2) is 18.5 Å². The molecule has 1 aromatic heterocycles. The number of unbranched alkanes of at least 4 members (excludes halogenated alkanes) is 1. The van der Waals surface area contributed by atoms with Gasteiger partial charge in [-0.15, -0.1) is 11.3 Å². The summed E-state index contributed by atoms with van der Waals surface area (Å²) >= 11 is 7.23. The van der Waals surface area contributed by atoms with Gasteiger partial charge in [0.25, 0.3) is 5.91 Å². The number of carbonyl (C=O) groups excluding carboxylic acids is 2. The van der Waals surface area contributed by atoms with Crippen molar-refractivity contribution in [3.63, 3.8) is 0 Å². The van der Waals surface area contributed by atoms with Crippen LogP contribution in [0.25, 0.3) is 10.1 Å². The molecule has 0 spiro atoms. The van der Waals surface area contributed by atoms with Crippen molar-refractivity contribution in [2.24, 2.45) is 0 Å². The monoisotopic (exact) mass is 387 g/mol. The molecule has 4 nitrogen and oxygen atoms in total. The van der Waals surface area contributed by atoms with Gasteiger partial charge >= 0.3 is 5.97 Å². The molecule has 1 amide bonds. The second kappa shape index (κ2) is 8.34. The van der Waals surface area contributed by atoms with E-state index in [-0.39, 0.29) is 5.91 Å². The van der Waals surface area contributed by atoms with Gasteiger partial charge in [-0.05, 0) is 36.8 Å². The number of thiophene rings is 1. The molecule has 0 saturated carbocycles. The van der Waals surface area contributed by atoms with Crippen molar-refractivity contribution in [1.29, 1.82) is 0 Å². The van der Waals surface area contributed by atoms with Gasteiger partial charge in [-0.25, -0.2) is 4.79 Å². The highest BCUT2D eigenvalue weighted by atomic mass is 35.5. The summed E-state index contributed by atoms with van der Waals surface area (Å²) in [5.41, 5.74) is 0.876. The molecule has 3 rings (SSSR count). The largest absolute Gasteiger partial charge is 0.462 e. The molecule has 0 bridgehead atoms. The van der Waals surface area contributed by atoms with E-state index in [4.69, 9.17) is 16.3 Å². The zero-order valence-corrected chi connectivity index (χ0v) is 15.8. The fraction of sp³-hybridized carbons (Fsp3) is 0.200. The average molecular weight is 388 g/mol. The van der Waals surface area contributed by atoms with Crippen molar-refractivity contribution in [3.8, 4) is 0 Å². The number of halogens is 1. The third kappa shape index (κ3) is 4.06. The SMILES string of the molecule is CCCCOC(=O)c1c(NC(=O)c2ccc(Cl)cc2)sc2ccccc12. The standard InChI is InChI=1S/C20H18ClNO3S/c1-2-3-12-25-20(24)17-15-6-4-5-7-16(15)26-19(17)22-18(23)13-8-10-14(21)11-9-13/h4-11H,2-3,12H2,1H3,(H,22,23). The first kappa shape index (κ1) is 18.4. The highest BCUT2D eigenvalue weighted by Gasteiger charge is 2.22. The Morgan fingerprint density at radius 2 is 1.85 bits per heavy atom. The van der Waals surface area contributed by atoms with Crippen LogP contribution >= 0.6 is 22.9 Å². The van der Waals surface area contributed by atoms with Crippen molar-refractivity contribution in [3.05, 3.63) is 64.7 Å². The molecule has 0 aliphatic rings. The zero-order valence-electron chi connectivity index (χ0n) is 14.3. The lowest BCUT2D eigenvalue weighted by Gasteiger charge is -2.08. The number of hydrogen-bond donors (Lipinski definition) is 1. The lowest BCUT2D eigenvalue weighted by molar-refractivity contribution is 0.0503. The van der Waals surface area contributed by atoms with E-state index in [0.717, 1.165) is 22.9 Å². The number of carbonyl (C=O) groups is 2. The van der Waals surface area contributed by atoms with E-state index in [2.05, 4.69) is 5.32 Å². The van der Waals surface area contributed by atoms with E-state index in [1.165, 1.54) is 11.3 Å². The summed E-state index contributed by atoms with van der Waals surface area (Å²) in [6.07, 6.45) is 1.75. The van der Waals surface area contributed by atoms with Crippen molar-refractivity contribution in [2.75, 3.05) is 11.9 Å². The third-order valence-electron chi connectivity index (χ3n) is 3.86. The Kier molecular flexibility index (Phi) is 5.91. The Balaban J connectivity index is 1.91. The van der Waals surface area contributed by atoms with Gasteiger partial charge in [0.1, 0.15) is 10.6 Å². The smallest absolute Gasteiger partial charge is 0.341 e. The topological polar surface area (TPSA) is 55.4 Å². The highest BCUT2D eigenvalue weighted by molar-refractivity contribution is 7.23. The Morgan fingerprint density at radius 3 is 2.58 bits per heavy atom. The maximum absolute atomic E-state index is 12.6. The van der Waals surface area contributed by atoms with Crippen LogP contribution < -0.4 is 5.32 Å². The Morgan fingerprint density at radius 1 is 1.12 bits per heavy atom. The number of nitrogens with one attached hydrogen (secondary N) is 1. The average Bonchev–Trinajstić information content (AvgIpc) is 3.00. The minimum Gasteiger partial charge on any atom is -0.462 e. The second-order valence-electron chi connectivity index (χ2n) is 5.75.